The van der Waals surface area contributed by atoms with Crippen LogP contribution < -0.4 is 21.0 Å². The van der Waals surface area contributed by atoms with Gasteiger partial charge < -0.3 is 19.4 Å². The molecule has 13 nitrogen and oxygen atoms in total. The number of nitrogens with zero attached hydrogens (tertiary/aromatic N) is 8. The SMILES string of the molecule is COC(C)C(=O)N1CCN(c2ccc3c(=O)n(CCc4ccc5c(c4)N(C)C(=O)C54CC4)c(CCn4nc5n(c4=O)CCC5)nc3c2)CC1. The Morgan fingerprint density at radius 2 is 1.78 bits per heavy atom. The van der Waals surface area contributed by atoms with Gasteiger partial charge in [0.25, 0.3) is 11.5 Å². The van der Waals surface area contributed by atoms with Crippen LogP contribution in [0.1, 0.15) is 49.0 Å². The molecule has 1 saturated carbocycles. The highest BCUT2D eigenvalue weighted by Gasteiger charge is 2.58. The monoisotopic (exact) mass is 666 g/mol. The topological polar surface area (TPSA) is 128 Å². The van der Waals surface area contributed by atoms with Gasteiger partial charge in [0.05, 0.1) is 22.9 Å². The van der Waals surface area contributed by atoms with Crippen LogP contribution in [-0.2, 0) is 58.6 Å². The van der Waals surface area contributed by atoms with Gasteiger partial charge in [-0.15, -0.1) is 0 Å². The van der Waals surface area contributed by atoms with E-state index in [0.29, 0.717) is 75.4 Å². The van der Waals surface area contributed by atoms with Crippen molar-refractivity contribution in [3.8, 4) is 0 Å². The van der Waals surface area contributed by atoms with Gasteiger partial charge in [-0.05, 0) is 68.0 Å². The predicted molar refractivity (Wildman–Crippen MR) is 184 cm³/mol. The molecule has 2 amide bonds. The fourth-order valence-electron chi connectivity index (χ4n) is 7.87. The van der Waals surface area contributed by atoms with E-state index in [2.05, 4.69) is 28.2 Å². The molecule has 4 aliphatic rings. The maximum Gasteiger partial charge on any atom is 0.345 e. The van der Waals surface area contributed by atoms with E-state index in [4.69, 9.17) is 9.72 Å². The number of benzene rings is 2. The highest BCUT2D eigenvalue weighted by atomic mass is 16.5. The van der Waals surface area contributed by atoms with Crippen molar-refractivity contribution < 1.29 is 14.3 Å². The summed E-state index contributed by atoms with van der Waals surface area (Å²) in [6, 6.07) is 12.0. The second kappa shape index (κ2) is 12.0. The van der Waals surface area contributed by atoms with E-state index in [9.17, 15) is 19.2 Å². The molecule has 5 heterocycles. The summed E-state index contributed by atoms with van der Waals surface area (Å²) in [6.45, 7) is 5.67. The molecule has 1 spiro atoms. The summed E-state index contributed by atoms with van der Waals surface area (Å²) in [5, 5.41) is 5.09. The lowest BCUT2D eigenvalue weighted by atomic mass is 9.96. The Labute approximate surface area is 283 Å². The number of aryl methyl sites for hydroxylation is 4. The number of carbonyl (C=O) groups is 2. The summed E-state index contributed by atoms with van der Waals surface area (Å²) in [5.41, 5.74) is 4.10. The van der Waals surface area contributed by atoms with Crippen LogP contribution in [0.25, 0.3) is 10.9 Å². The van der Waals surface area contributed by atoms with Crippen molar-refractivity contribution >= 4 is 34.1 Å². The number of piperazine rings is 1. The highest BCUT2D eigenvalue weighted by Crippen LogP contribution is 2.57. The van der Waals surface area contributed by atoms with E-state index in [1.54, 1.807) is 28.1 Å². The number of fused-ring (bicyclic) bond motifs is 4. The molecule has 1 saturated heterocycles. The van der Waals surface area contributed by atoms with Crippen LogP contribution in [0.2, 0.25) is 0 Å². The van der Waals surface area contributed by atoms with Gasteiger partial charge in [-0.2, -0.15) is 5.10 Å². The first-order valence-corrected chi connectivity index (χ1v) is 17.4. The van der Waals surface area contributed by atoms with E-state index in [1.807, 2.05) is 30.1 Å². The third-order valence-corrected chi connectivity index (χ3v) is 11.0. The lowest BCUT2D eigenvalue weighted by molar-refractivity contribution is -0.141. The number of amides is 2. The number of likely N-dealkylation sites (N-methyl/N-ethyl adjacent to an activating group) is 1. The zero-order valence-electron chi connectivity index (χ0n) is 28.4. The molecular formula is C36H42N8O5. The third kappa shape index (κ3) is 5.25. The summed E-state index contributed by atoms with van der Waals surface area (Å²) in [4.78, 5) is 63.6. The molecule has 8 rings (SSSR count). The summed E-state index contributed by atoms with van der Waals surface area (Å²) in [7, 11) is 3.39. The number of hydrogen-bond acceptors (Lipinski definition) is 8. The number of hydrogen-bond donors (Lipinski definition) is 0. The fraction of sp³-hybridized carbons (Fsp3) is 0.500. The van der Waals surface area contributed by atoms with Crippen molar-refractivity contribution in [2.24, 2.45) is 0 Å². The Kier molecular flexibility index (Phi) is 7.69. The van der Waals surface area contributed by atoms with Crippen LogP contribution in [0.15, 0.2) is 46.0 Å². The number of rotatable bonds is 9. The Morgan fingerprint density at radius 3 is 2.51 bits per heavy atom. The lowest BCUT2D eigenvalue weighted by Gasteiger charge is -2.37. The largest absolute Gasteiger partial charge is 0.372 e. The van der Waals surface area contributed by atoms with Crippen molar-refractivity contribution in [3.05, 3.63) is 80.0 Å². The molecule has 2 aromatic heterocycles. The van der Waals surface area contributed by atoms with Crippen molar-refractivity contribution in [2.45, 2.75) is 76.6 Å². The van der Waals surface area contributed by atoms with Gasteiger partial charge in [0.2, 0.25) is 5.91 Å². The second-order valence-corrected chi connectivity index (χ2v) is 13.9. The quantitative estimate of drug-likeness (QED) is 0.265. The molecule has 0 bridgehead atoms. The molecule has 2 fully saturated rings. The molecule has 49 heavy (non-hydrogen) atoms. The number of ether oxygens (including phenoxy) is 1. The summed E-state index contributed by atoms with van der Waals surface area (Å²) >= 11 is 0. The van der Waals surface area contributed by atoms with Crippen molar-refractivity contribution in [3.63, 3.8) is 0 Å². The maximum atomic E-state index is 14.1. The molecule has 3 aliphatic heterocycles. The maximum absolute atomic E-state index is 14.1. The number of aromatic nitrogens is 5. The Hall–Kier alpha value is -4.78. The number of methoxy groups -OCH3 is 1. The molecule has 1 unspecified atom stereocenters. The van der Waals surface area contributed by atoms with Gasteiger partial charge >= 0.3 is 5.69 Å². The van der Waals surface area contributed by atoms with Gasteiger partial charge in [0, 0.05) is 77.6 Å². The van der Waals surface area contributed by atoms with Crippen LogP contribution >= 0.6 is 0 Å². The van der Waals surface area contributed by atoms with Gasteiger partial charge in [0.15, 0.2) is 0 Å². The van der Waals surface area contributed by atoms with Crippen molar-refractivity contribution in [2.75, 3.05) is 50.1 Å². The Morgan fingerprint density at radius 1 is 0.980 bits per heavy atom. The van der Waals surface area contributed by atoms with E-state index in [0.717, 1.165) is 54.0 Å². The minimum absolute atomic E-state index is 0.0122. The standard InChI is InChI=1S/C36H42N8O5/c1-23(49-3)32(45)41-19-17-40(18-20-41)25-7-8-26-28(22-25)37-30(11-16-44-35(48)43-14-4-5-31(43)38-44)42(33(26)46)15-10-24-6-9-27-29(21-24)39(2)34(47)36(27)12-13-36/h6-9,21-23H,4-5,10-20H2,1-3H3. The Bertz CT molecular complexity index is 2100. The first kappa shape index (κ1) is 31.5. The predicted octanol–water partition coefficient (Wildman–Crippen LogP) is 1.88. The molecule has 0 radical (unpaired) electrons. The molecule has 2 aromatic carbocycles. The first-order chi connectivity index (χ1) is 23.7. The van der Waals surface area contributed by atoms with Gasteiger partial charge in [-0.3, -0.25) is 23.5 Å². The zero-order valence-corrected chi connectivity index (χ0v) is 28.4. The molecule has 256 valence electrons. The van der Waals surface area contributed by atoms with Crippen molar-refractivity contribution in [1.29, 1.82) is 0 Å². The molecule has 4 aromatic rings. The fourth-order valence-corrected chi connectivity index (χ4v) is 7.87. The average molecular weight is 667 g/mol. The molecule has 0 N–H and O–H groups in total. The smallest absolute Gasteiger partial charge is 0.345 e. The van der Waals surface area contributed by atoms with E-state index < -0.39 is 6.10 Å². The molecule has 13 heteroatoms. The molecule has 1 aliphatic carbocycles. The van der Waals surface area contributed by atoms with Gasteiger partial charge in [-0.1, -0.05) is 12.1 Å². The van der Waals surface area contributed by atoms with Crippen LogP contribution in [0.3, 0.4) is 0 Å². The first-order valence-electron chi connectivity index (χ1n) is 17.4. The normalized spacial score (nSPS) is 18.4. The van der Waals surface area contributed by atoms with E-state index in [-0.39, 0.29) is 28.5 Å². The highest BCUT2D eigenvalue weighted by molar-refractivity contribution is 6.09. The average Bonchev–Trinajstić information content (AvgIpc) is 3.64. The molecular weight excluding hydrogens is 624 g/mol. The number of carbonyl (C=O) groups excluding carboxylic acids is 2. The van der Waals surface area contributed by atoms with Crippen LogP contribution in [0.4, 0.5) is 11.4 Å². The summed E-state index contributed by atoms with van der Waals surface area (Å²) < 4.78 is 10.2. The van der Waals surface area contributed by atoms with Gasteiger partial charge in [0.1, 0.15) is 17.8 Å². The summed E-state index contributed by atoms with van der Waals surface area (Å²) in [6.07, 6.45) is 4.01. The zero-order chi connectivity index (χ0) is 34.0. The van der Waals surface area contributed by atoms with Crippen LogP contribution in [0.5, 0.6) is 0 Å². The minimum Gasteiger partial charge on any atom is -0.372 e. The third-order valence-electron chi connectivity index (χ3n) is 11.0. The Balaban J connectivity index is 1.08. The second-order valence-electron chi connectivity index (χ2n) is 13.9. The minimum atomic E-state index is -0.473. The van der Waals surface area contributed by atoms with E-state index >= 15 is 0 Å². The van der Waals surface area contributed by atoms with Crippen LogP contribution in [0, 0.1) is 0 Å². The summed E-state index contributed by atoms with van der Waals surface area (Å²) in [5.74, 6) is 1.57. The molecule has 1 atom stereocenters. The van der Waals surface area contributed by atoms with Crippen molar-refractivity contribution in [1.82, 2.24) is 28.8 Å². The van der Waals surface area contributed by atoms with Crippen LogP contribution in [-0.4, -0.2) is 87.1 Å². The lowest BCUT2D eigenvalue weighted by Crippen LogP contribution is -2.51. The van der Waals surface area contributed by atoms with E-state index in [1.165, 1.54) is 4.68 Å². The van der Waals surface area contributed by atoms with Gasteiger partial charge in [-0.25, -0.2) is 14.5 Å². The number of anilines is 2.